The smallest absolute Gasteiger partial charge is 0.275 e. The molecule has 2 aromatic rings. The van der Waals surface area contributed by atoms with Crippen LogP contribution in [0, 0.1) is 17.0 Å². The molecule has 0 spiro atoms. The molecule has 0 fully saturated rings. The van der Waals surface area contributed by atoms with Crippen molar-refractivity contribution in [3.05, 3.63) is 58.1 Å². The van der Waals surface area contributed by atoms with Gasteiger partial charge in [-0.2, -0.15) is 0 Å². The second-order valence-electron chi connectivity index (χ2n) is 4.03. The van der Waals surface area contributed by atoms with Crippen LogP contribution in [-0.4, -0.2) is 4.92 Å². The summed E-state index contributed by atoms with van der Waals surface area (Å²) < 4.78 is 5.57. The summed E-state index contributed by atoms with van der Waals surface area (Å²) in [4.78, 5) is 10.3. The number of anilines is 1. The zero-order chi connectivity index (χ0) is 13.8. The number of nitrogens with one attached hydrogen (secondary N) is 1. The van der Waals surface area contributed by atoms with E-state index >= 15 is 0 Å². The van der Waals surface area contributed by atoms with Gasteiger partial charge in [0.2, 0.25) is 0 Å². The quantitative estimate of drug-likeness (QED) is 0.500. The Morgan fingerprint density at radius 2 is 1.84 bits per heavy atom. The number of nitro benzene ring substituents is 1. The van der Waals surface area contributed by atoms with Gasteiger partial charge in [-0.15, -0.1) is 0 Å². The number of nitro groups is 1. The van der Waals surface area contributed by atoms with Crippen LogP contribution in [0.3, 0.4) is 0 Å². The van der Waals surface area contributed by atoms with Gasteiger partial charge in [-0.3, -0.25) is 16.0 Å². The van der Waals surface area contributed by atoms with Crippen molar-refractivity contribution in [2.45, 2.75) is 6.92 Å². The Kier molecular flexibility index (Phi) is 3.63. The lowest BCUT2D eigenvalue weighted by Gasteiger charge is -2.08. The predicted octanol–water partition coefficient (Wildman–Crippen LogP) is 2.98. The second kappa shape index (κ2) is 5.36. The summed E-state index contributed by atoms with van der Waals surface area (Å²) in [5.41, 5.74) is 3.81. The Labute approximate surface area is 109 Å². The van der Waals surface area contributed by atoms with E-state index in [-0.39, 0.29) is 5.69 Å². The van der Waals surface area contributed by atoms with Crippen molar-refractivity contribution in [3.8, 4) is 11.5 Å². The summed E-state index contributed by atoms with van der Waals surface area (Å²) in [5.74, 6) is 6.23. The molecule has 6 heteroatoms. The number of hydrazine groups is 1. The molecule has 98 valence electrons. The molecule has 2 aromatic carbocycles. The highest BCUT2D eigenvalue weighted by atomic mass is 16.6. The Morgan fingerprint density at radius 1 is 1.16 bits per heavy atom. The Bertz CT molecular complexity index is 597. The maximum Gasteiger partial charge on any atom is 0.275 e. The summed E-state index contributed by atoms with van der Waals surface area (Å²) in [6, 6.07) is 11.7. The average molecular weight is 259 g/mol. The van der Waals surface area contributed by atoms with Gasteiger partial charge in [0.1, 0.15) is 11.5 Å². The van der Waals surface area contributed by atoms with Crippen molar-refractivity contribution >= 4 is 11.4 Å². The van der Waals surface area contributed by atoms with E-state index in [0.29, 0.717) is 17.2 Å². The number of nitrogen functional groups attached to an aromatic ring is 1. The minimum Gasteiger partial charge on any atom is -0.457 e. The normalized spacial score (nSPS) is 10.0. The van der Waals surface area contributed by atoms with Gasteiger partial charge in [0, 0.05) is 12.1 Å². The Morgan fingerprint density at radius 3 is 2.42 bits per heavy atom. The molecule has 0 radical (unpaired) electrons. The van der Waals surface area contributed by atoms with E-state index in [0.717, 1.165) is 5.56 Å². The molecule has 0 bridgehead atoms. The van der Waals surface area contributed by atoms with Crippen molar-refractivity contribution in [1.29, 1.82) is 0 Å². The van der Waals surface area contributed by atoms with Crippen LogP contribution in [0.5, 0.6) is 11.5 Å². The maximum absolute atomic E-state index is 10.8. The van der Waals surface area contributed by atoms with Crippen molar-refractivity contribution in [3.63, 3.8) is 0 Å². The van der Waals surface area contributed by atoms with Gasteiger partial charge in [0.25, 0.3) is 5.69 Å². The summed E-state index contributed by atoms with van der Waals surface area (Å²) >= 11 is 0. The molecule has 6 nitrogen and oxygen atoms in total. The van der Waals surface area contributed by atoms with Crippen LogP contribution in [0.15, 0.2) is 42.5 Å². The highest BCUT2D eigenvalue weighted by Gasteiger charge is 2.10. The van der Waals surface area contributed by atoms with Crippen LogP contribution in [0.25, 0.3) is 0 Å². The number of nitrogens with two attached hydrogens (primary N) is 1. The van der Waals surface area contributed by atoms with E-state index in [1.54, 1.807) is 18.2 Å². The Balaban J connectivity index is 2.31. The maximum atomic E-state index is 10.8. The molecule has 2 rings (SSSR count). The molecule has 19 heavy (non-hydrogen) atoms. The van der Waals surface area contributed by atoms with E-state index in [1.807, 2.05) is 19.1 Å². The highest BCUT2D eigenvalue weighted by molar-refractivity contribution is 5.56. The van der Waals surface area contributed by atoms with Crippen LogP contribution in [0.4, 0.5) is 11.4 Å². The number of nitrogens with zero attached hydrogens (tertiary/aromatic N) is 1. The number of hydrogen-bond acceptors (Lipinski definition) is 5. The monoisotopic (exact) mass is 259 g/mol. The van der Waals surface area contributed by atoms with Crippen molar-refractivity contribution in [2.75, 3.05) is 5.43 Å². The van der Waals surface area contributed by atoms with Crippen molar-refractivity contribution < 1.29 is 9.66 Å². The topological polar surface area (TPSA) is 90.4 Å². The van der Waals surface area contributed by atoms with Gasteiger partial charge >= 0.3 is 0 Å². The molecule has 0 unspecified atom stereocenters. The number of ether oxygens (including phenoxy) is 1. The van der Waals surface area contributed by atoms with E-state index < -0.39 is 4.92 Å². The van der Waals surface area contributed by atoms with Crippen LogP contribution < -0.4 is 16.0 Å². The average Bonchev–Trinajstić information content (AvgIpc) is 2.41. The lowest BCUT2D eigenvalue weighted by molar-refractivity contribution is -0.384. The molecule has 0 aliphatic heterocycles. The number of benzene rings is 2. The van der Waals surface area contributed by atoms with Gasteiger partial charge in [-0.05, 0) is 19.1 Å². The fraction of sp³-hybridized carbons (Fsp3) is 0.0769. The van der Waals surface area contributed by atoms with Gasteiger partial charge in [-0.25, -0.2) is 0 Å². The first-order valence-electron chi connectivity index (χ1n) is 5.59. The minimum atomic E-state index is -0.497. The first-order chi connectivity index (χ1) is 9.08. The molecule has 3 N–H and O–H groups in total. The molecule has 0 heterocycles. The molecule has 0 atom stereocenters. The SMILES string of the molecule is Cc1ccc(Oc2cc(NN)cc([N+](=O)[O-])c2)cc1. The summed E-state index contributed by atoms with van der Waals surface area (Å²) in [6.07, 6.45) is 0. The number of non-ortho nitro benzene ring substituents is 1. The predicted molar refractivity (Wildman–Crippen MR) is 72.2 cm³/mol. The second-order valence-corrected chi connectivity index (χ2v) is 4.03. The first-order valence-corrected chi connectivity index (χ1v) is 5.59. The fourth-order valence-electron chi connectivity index (χ4n) is 1.57. The lowest BCUT2D eigenvalue weighted by Crippen LogP contribution is -2.07. The standard InChI is InChI=1S/C13H13N3O3/c1-9-2-4-12(5-3-9)19-13-7-10(15-14)6-11(8-13)16(17)18/h2-8,15H,14H2,1H3. The van der Waals surface area contributed by atoms with Crippen molar-refractivity contribution in [2.24, 2.45) is 5.84 Å². The number of hydrogen-bond donors (Lipinski definition) is 2. The third kappa shape index (κ3) is 3.20. The summed E-state index contributed by atoms with van der Waals surface area (Å²) in [7, 11) is 0. The lowest BCUT2D eigenvalue weighted by atomic mass is 10.2. The third-order valence-corrected chi connectivity index (χ3v) is 2.53. The van der Waals surface area contributed by atoms with Crippen LogP contribution in [0.2, 0.25) is 0 Å². The minimum absolute atomic E-state index is 0.0856. The third-order valence-electron chi connectivity index (χ3n) is 2.53. The van der Waals surface area contributed by atoms with Gasteiger partial charge in [-0.1, -0.05) is 17.7 Å². The zero-order valence-corrected chi connectivity index (χ0v) is 10.3. The van der Waals surface area contributed by atoms with E-state index in [2.05, 4.69) is 5.43 Å². The molecule has 0 aliphatic carbocycles. The van der Waals surface area contributed by atoms with Crippen molar-refractivity contribution in [1.82, 2.24) is 0 Å². The van der Waals surface area contributed by atoms with Gasteiger partial charge in [0.15, 0.2) is 0 Å². The highest BCUT2D eigenvalue weighted by Crippen LogP contribution is 2.29. The molecular formula is C13H13N3O3. The summed E-state index contributed by atoms with van der Waals surface area (Å²) in [5, 5.41) is 10.8. The molecule has 0 amide bonds. The first kappa shape index (κ1) is 12.8. The molecule has 0 saturated carbocycles. The molecular weight excluding hydrogens is 246 g/mol. The molecule has 0 aromatic heterocycles. The van der Waals surface area contributed by atoms with E-state index in [1.165, 1.54) is 12.1 Å². The summed E-state index contributed by atoms with van der Waals surface area (Å²) in [6.45, 7) is 1.97. The molecule has 0 saturated heterocycles. The Hall–Kier alpha value is -2.60. The fourth-order valence-corrected chi connectivity index (χ4v) is 1.57. The van der Waals surface area contributed by atoms with Gasteiger partial charge < -0.3 is 10.2 Å². The molecule has 0 aliphatic rings. The van der Waals surface area contributed by atoms with E-state index in [9.17, 15) is 10.1 Å². The van der Waals surface area contributed by atoms with Crippen LogP contribution >= 0.6 is 0 Å². The van der Waals surface area contributed by atoms with Gasteiger partial charge in [0.05, 0.1) is 16.7 Å². The number of rotatable bonds is 4. The zero-order valence-electron chi connectivity index (χ0n) is 10.3. The van der Waals surface area contributed by atoms with Crippen LogP contribution in [0.1, 0.15) is 5.56 Å². The van der Waals surface area contributed by atoms with Crippen LogP contribution in [-0.2, 0) is 0 Å². The van der Waals surface area contributed by atoms with E-state index in [4.69, 9.17) is 10.6 Å². The number of aryl methyl sites for hydroxylation is 1. The largest absolute Gasteiger partial charge is 0.457 e.